The highest BCUT2D eigenvalue weighted by Gasteiger charge is 2.31. The summed E-state index contributed by atoms with van der Waals surface area (Å²) >= 11 is 6.18. The fraction of sp³-hybridized carbons (Fsp3) is 0.500. The minimum Gasteiger partial charge on any atom is -0.353 e. The molecule has 2 heterocycles. The predicted octanol–water partition coefficient (Wildman–Crippen LogP) is 2.88. The van der Waals surface area contributed by atoms with Crippen molar-refractivity contribution in [1.82, 2.24) is 20.4 Å². The van der Waals surface area contributed by atoms with Crippen LogP contribution in [-0.2, 0) is 11.3 Å². The molecule has 7 heteroatoms. The summed E-state index contributed by atoms with van der Waals surface area (Å²) in [7, 11) is 0. The molecule has 1 N–H and O–H groups in total. The van der Waals surface area contributed by atoms with E-state index in [0.717, 1.165) is 44.3 Å². The summed E-state index contributed by atoms with van der Waals surface area (Å²) in [6, 6.07) is 7.85. The van der Waals surface area contributed by atoms with Crippen molar-refractivity contribution in [1.29, 1.82) is 0 Å². The van der Waals surface area contributed by atoms with Gasteiger partial charge in [-0.3, -0.25) is 9.69 Å². The third-order valence-corrected chi connectivity index (χ3v) is 5.07. The van der Waals surface area contributed by atoms with Crippen molar-refractivity contribution < 1.29 is 9.32 Å². The second-order valence-corrected chi connectivity index (χ2v) is 7.26. The zero-order valence-corrected chi connectivity index (χ0v) is 14.7. The molecule has 1 aliphatic heterocycles. The molecule has 25 heavy (non-hydrogen) atoms. The van der Waals surface area contributed by atoms with Gasteiger partial charge in [0.15, 0.2) is 0 Å². The van der Waals surface area contributed by atoms with Crippen molar-refractivity contribution in [3.63, 3.8) is 0 Å². The van der Waals surface area contributed by atoms with Crippen molar-refractivity contribution in [2.75, 3.05) is 13.1 Å². The quantitative estimate of drug-likeness (QED) is 0.887. The SMILES string of the molecule is O=C(NC1CC1)C1CCCN(Cc2nc(-c3ccccc3Cl)no2)C1. The van der Waals surface area contributed by atoms with Gasteiger partial charge in [-0.25, -0.2) is 0 Å². The number of hydrogen-bond acceptors (Lipinski definition) is 5. The van der Waals surface area contributed by atoms with Crippen LogP contribution in [0.4, 0.5) is 0 Å². The first-order valence-corrected chi connectivity index (χ1v) is 9.17. The van der Waals surface area contributed by atoms with E-state index in [9.17, 15) is 4.79 Å². The maximum atomic E-state index is 12.3. The first kappa shape index (κ1) is 16.5. The summed E-state index contributed by atoms with van der Waals surface area (Å²) in [4.78, 5) is 18.9. The first-order valence-electron chi connectivity index (χ1n) is 8.79. The van der Waals surface area contributed by atoms with Gasteiger partial charge in [0.1, 0.15) is 0 Å². The average molecular weight is 361 g/mol. The Morgan fingerprint density at radius 3 is 2.96 bits per heavy atom. The Bertz CT molecular complexity index is 759. The van der Waals surface area contributed by atoms with Crippen LogP contribution in [0.25, 0.3) is 11.4 Å². The van der Waals surface area contributed by atoms with Crippen LogP contribution < -0.4 is 5.32 Å². The van der Waals surface area contributed by atoms with Gasteiger partial charge in [-0.05, 0) is 44.4 Å². The highest BCUT2D eigenvalue weighted by atomic mass is 35.5. The Morgan fingerprint density at radius 2 is 2.16 bits per heavy atom. The monoisotopic (exact) mass is 360 g/mol. The fourth-order valence-corrected chi connectivity index (χ4v) is 3.44. The van der Waals surface area contributed by atoms with Crippen LogP contribution in [-0.4, -0.2) is 40.1 Å². The average Bonchev–Trinajstić information content (AvgIpc) is 3.32. The van der Waals surface area contributed by atoms with E-state index in [1.807, 2.05) is 18.2 Å². The minimum atomic E-state index is 0.0558. The standard InChI is InChI=1S/C18H21ClN4O2/c19-15-6-2-1-5-14(15)17-21-16(25-22-17)11-23-9-3-4-12(10-23)18(24)20-13-7-8-13/h1-2,5-6,12-13H,3-4,7-11H2,(H,20,24). The number of rotatable bonds is 5. The van der Waals surface area contributed by atoms with Gasteiger partial charge in [-0.2, -0.15) is 4.98 Å². The molecule has 1 saturated carbocycles. The van der Waals surface area contributed by atoms with Gasteiger partial charge in [-0.15, -0.1) is 0 Å². The molecular formula is C18H21ClN4O2. The second-order valence-electron chi connectivity index (χ2n) is 6.85. The number of likely N-dealkylation sites (tertiary alicyclic amines) is 1. The summed E-state index contributed by atoms with van der Waals surface area (Å²) in [5.41, 5.74) is 0.763. The zero-order chi connectivity index (χ0) is 17.2. The lowest BCUT2D eigenvalue weighted by molar-refractivity contribution is -0.127. The van der Waals surface area contributed by atoms with Crippen molar-refractivity contribution in [2.24, 2.45) is 5.92 Å². The summed E-state index contributed by atoms with van der Waals surface area (Å²) < 4.78 is 5.39. The van der Waals surface area contributed by atoms with E-state index >= 15 is 0 Å². The lowest BCUT2D eigenvalue weighted by Gasteiger charge is -2.30. The van der Waals surface area contributed by atoms with Gasteiger partial charge in [0, 0.05) is 18.2 Å². The van der Waals surface area contributed by atoms with Gasteiger partial charge >= 0.3 is 0 Å². The largest absolute Gasteiger partial charge is 0.353 e. The number of carbonyl (C=O) groups excluding carboxylic acids is 1. The molecule has 1 aromatic carbocycles. The zero-order valence-electron chi connectivity index (χ0n) is 13.9. The van der Waals surface area contributed by atoms with Crippen molar-refractivity contribution in [2.45, 2.75) is 38.3 Å². The number of aromatic nitrogens is 2. The molecule has 0 spiro atoms. The number of amides is 1. The van der Waals surface area contributed by atoms with Gasteiger partial charge in [0.2, 0.25) is 17.6 Å². The van der Waals surface area contributed by atoms with Crippen molar-refractivity contribution >= 4 is 17.5 Å². The molecule has 1 aromatic heterocycles. The minimum absolute atomic E-state index is 0.0558. The molecule has 2 aromatic rings. The van der Waals surface area contributed by atoms with E-state index in [1.165, 1.54) is 0 Å². The Hall–Kier alpha value is -1.92. The van der Waals surface area contributed by atoms with Gasteiger partial charge < -0.3 is 9.84 Å². The normalized spacial score (nSPS) is 21.2. The third-order valence-electron chi connectivity index (χ3n) is 4.74. The molecule has 1 atom stereocenters. The second kappa shape index (κ2) is 7.14. The number of benzene rings is 1. The lowest BCUT2D eigenvalue weighted by Crippen LogP contribution is -2.43. The Kier molecular flexibility index (Phi) is 4.72. The van der Waals surface area contributed by atoms with Gasteiger partial charge in [0.05, 0.1) is 17.5 Å². The predicted molar refractivity (Wildman–Crippen MR) is 93.9 cm³/mol. The molecule has 0 bridgehead atoms. The Labute approximate surface area is 151 Å². The number of carbonyl (C=O) groups is 1. The highest BCUT2D eigenvalue weighted by molar-refractivity contribution is 6.33. The molecule has 1 aliphatic carbocycles. The molecule has 1 saturated heterocycles. The molecule has 132 valence electrons. The number of nitrogens with zero attached hydrogens (tertiary/aromatic N) is 3. The third kappa shape index (κ3) is 4.02. The molecule has 2 fully saturated rings. The maximum Gasteiger partial charge on any atom is 0.241 e. The van der Waals surface area contributed by atoms with Crippen LogP contribution in [0.1, 0.15) is 31.6 Å². The van der Waals surface area contributed by atoms with E-state index in [0.29, 0.717) is 29.3 Å². The molecule has 6 nitrogen and oxygen atoms in total. The highest BCUT2D eigenvalue weighted by Crippen LogP contribution is 2.26. The number of nitrogens with one attached hydrogen (secondary N) is 1. The van der Waals surface area contributed by atoms with E-state index in [2.05, 4.69) is 20.4 Å². The van der Waals surface area contributed by atoms with E-state index < -0.39 is 0 Å². The summed E-state index contributed by atoms with van der Waals surface area (Å²) in [5, 5.41) is 7.75. The lowest BCUT2D eigenvalue weighted by atomic mass is 9.97. The summed E-state index contributed by atoms with van der Waals surface area (Å²) in [5.74, 6) is 1.30. The fourth-order valence-electron chi connectivity index (χ4n) is 3.22. The smallest absolute Gasteiger partial charge is 0.241 e. The molecule has 1 amide bonds. The molecule has 0 radical (unpaired) electrons. The number of hydrogen-bond donors (Lipinski definition) is 1. The van der Waals surface area contributed by atoms with Crippen LogP contribution in [0.5, 0.6) is 0 Å². The van der Waals surface area contributed by atoms with Crippen LogP contribution in [0.15, 0.2) is 28.8 Å². The van der Waals surface area contributed by atoms with Crippen LogP contribution in [0, 0.1) is 5.92 Å². The molecule has 2 aliphatic rings. The summed E-state index contributed by atoms with van der Waals surface area (Å²) in [6.07, 6.45) is 4.20. The number of halogens is 1. The van der Waals surface area contributed by atoms with Crippen molar-refractivity contribution in [3.05, 3.63) is 35.2 Å². The van der Waals surface area contributed by atoms with E-state index in [1.54, 1.807) is 6.07 Å². The van der Waals surface area contributed by atoms with Crippen molar-refractivity contribution in [3.8, 4) is 11.4 Å². The molecular weight excluding hydrogens is 340 g/mol. The van der Waals surface area contributed by atoms with Crippen LogP contribution in [0.3, 0.4) is 0 Å². The Balaban J connectivity index is 1.38. The van der Waals surface area contributed by atoms with E-state index in [-0.39, 0.29) is 11.8 Å². The summed E-state index contributed by atoms with van der Waals surface area (Å²) in [6.45, 7) is 2.24. The first-order chi connectivity index (χ1) is 12.2. The van der Waals surface area contributed by atoms with E-state index in [4.69, 9.17) is 16.1 Å². The number of piperidine rings is 1. The van der Waals surface area contributed by atoms with Crippen LogP contribution in [0.2, 0.25) is 5.02 Å². The van der Waals surface area contributed by atoms with Gasteiger partial charge in [-0.1, -0.05) is 28.9 Å². The maximum absolute atomic E-state index is 12.3. The molecule has 1 unspecified atom stereocenters. The van der Waals surface area contributed by atoms with Gasteiger partial charge in [0.25, 0.3) is 0 Å². The van der Waals surface area contributed by atoms with Crippen LogP contribution >= 0.6 is 11.6 Å². The topological polar surface area (TPSA) is 71.3 Å². The molecule has 4 rings (SSSR count). The Morgan fingerprint density at radius 1 is 1.32 bits per heavy atom.